The Labute approximate surface area is 103 Å². The summed E-state index contributed by atoms with van der Waals surface area (Å²) in [5.41, 5.74) is 0. The van der Waals surface area contributed by atoms with E-state index >= 15 is 0 Å². The summed E-state index contributed by atoms with van der Waals surface area (Å²) in [5.74, 6) is 1.08. The van der Waals surface area contributed by atoms with Crippen LogP contribution in [-0.4, -0.2) is 35.8 Å². The maximum Gasteiger partial charge on any atom is 0.243 e. The molecule has 1 heterocycles. The van der Waals surface area contributed by atoms with Crippen molar-refractivity contribution in [2.45, 2.75) is 45.6 Å². The Morgan fingerprint density at radius 1 is 1.29 bits per heavy atom. The summed E-state index contributed by atoms with van der Waals surface area (Å²) in [6, 6.07) is -0.183. The van der Waals surface area contributed by atoms with E-state index < -0.39 is 0 Å². The van der Waals surface area contributed by atoms with Gasteiger partial charge >= 0.3 is 0 Å². The van der Waals surface area contributed by atoms with Crippen LogP contribution in [0.25, 0.3) is 0 Å². The Hall–Kier alpha value is -1.06. The van der Waals surface area contributed by atoms with Gasteiger partial charge in [-0.3, -0.25) is 9.59 Å². The topological polar surface area (TPSA) is 49.4 Å². The van der Waals surface area contributed by atoms with Crippen LogP contribution in [0.4, 0.5) is 0 Å². The Balaban J connectivity index is 2.08. The smallest absolute Gasteiger partial charge is 0.243 e. The molecule has 1 saturated heterocycles. The summed E-state index contributed by atoms with van der Waals surface area (Å²) in [7, 11) is 0. The average Bonchev–Trinajstić information content (AvgIpc) is 3.14. The normalized spacial score (nSPS) is 25.4. The summed E-state index contributed by atoms with van der Waals surface area (Å²) in [5, 5.41) is 2.71. The molecule has 4 nitrogen and oxygen atoms in total. The molecule has 2 fully saturated rings. The highest BCUT2D eigenvalue weighted by Crippen LogP contribution is 2.36. The number of nitrogens with zero attached hydrogens (tertiary/aromatic N) is 1. The zero-order valence-electron chi connectivity index (χ0n) is 10.7. The van der Waals surface area contributed by atoms with E-state index in [9.17, 15) is 9.59 Å². The van der Waals surface area contributed by atoms with Crippen molar-refractivity contribution < 1.29 is 9.59 Å². The van der Waals surface area contributed by atoms with Crippen molar-refractivity contribution in [1.29, 1.82) is 0 Å². The third kappa shape index (κ3) is 2.61. The fourth-order valence-electron chi connectivity index (χ4n) is 2.59. The van der Waals surface area contributed by atoms with Crippen LogP contribution in [-0.2, 0) is 9.59 Å². The molecular formula is C13H22N2O2. The number of hydrogen-bond donors (Lipinski definition) is 1. The van der Waals surface area contributed by atoms with Gasteiger partial charge < -0.3 is 10.2 Å². The summed E-state index contributed by atoms with van der Waals surface area (Å²) in [4.78, 5) is 25.7. The molecule has 0 bridgehead atoms. The highest BCUT2D eigenvalue weighted by molar-refractivity contribution is 5.95. The lowest BCUT2D eigenvalue weighted by molar-refractivity contribution is -0.147. The lowest BCUT2D eigenvalue weighted by Crippen LogP contribution is -2.60. The highest BCUT2D eigenvalue weighted by Gasteiger charge is 2.44. The van der Waals surface area contributed by atoms with Gasteiger partial charge in [0.05, 0.1) is 6.54 Å². The van der Waals surface area contributed by atoms with Gasteiger partial charge in [-0.15, -0.1) is 0 Å². The number of rotatable bonds is 5. The molecule has 2 aliphatic rings. The fourth-order valence-corrected chi connectivity index (χ4v) is 2.59. The fraction of sp³-hybridized carbons (Fsp3) is 0.846. The third-order valence-corrected chi connectivity index (χ3v) is 4.02. The van der Waals surface area contributed by atoms with Crippen LogP contribution in [0, 0.1) is 11.8 Å². The third-order valence-electron chi connectivity index (χ3n) is 4.02. The van der Waals surface area contributed by atoms with Crippen molar-refractivity contribution in [3.8, 4) is 0 Å². The van der Waals surface area contributed by atoms with Gasteiger partial charge in [-0.05, 0) is 24.7 Å². The molecule has 0 spiro atoms. The molecule has 96 valence electrons. The molecule has 0 aromatic rings. The van der Waals surface area contributed by atoms with Crippen LogP contribution >= 0.6 is 0 Å². The SMILES string of the molecule is CCC(CC)CN1C(=O)CNC(=O)C1C1CC1. The zero-order valence-corrected chi connectivity index (χ0v) is 10.7. The van der Waals surface area contributed by atoms with E-state index in [1.54, 1.807) is 0 Å². The monoisotopic (exact) mass is 238 g/mol. The largest absolute Gasteiger partial charge is 0.345 e. The standard InChI is InChI=1S/C13H22N2O2/c1-3-9(4-2)8-15-11(16)7-14-13(17)12(15)10-5-6-10/h9-10,12H,3-8H2,1-2H3,(H,14,17). The maximum absolute atomic E-state index is 12.0. The highest BCUT2D eigenvalue weighted by atomic mass is 16.2. The van der Waals surface area contributed by atoms with Gasteiger partial charge in [0.25, 0.3) is 0 Å². The predicted octanol–water partition coefficient (Wildman–Crippen LogP) is 1.16. The minimum atomic E-state index is -0.183. The van der Waals surface area contributed by atoms with Crippen LogP contribution < -0.4 is 5.32 Å². The van der Waals surface area contributed by atoms with Crippen LogP contribution in [0.1, 0.15) is 39.5 Å². The van der Waals surface area contributed by atoms with Crippen LogP contribution in [0.3, 0.4) is 0 Å². The molecule has 2 amide bonds. The van der Waals surface area contributed by atoms with Crippen molar-refractivity contribution in [1.82, 2.24) is 10.2 Å². The quantitative estimate of drug-likeness (QED) is 0.781. The summed E-state index contributed by atoms with van der Waals surface area (Å²) in [6.45, 7) is 5.23. The van der Waals surface area contributed by atoms with Crippen LogP contribution in [0.15, 0.2) is 0 Å². The number of piperazine rings is 1. The molecular weight excluding hydrogens is 216 g/mol. The van der Waals surface area contributed by atoms with Gasteiger partial charge in [0.1, 0.15) is 6.04 Å². The van der Waals surface area contributed by atoms with E-state index in [1.807, 2.05) is 4.90 Å². The zero-order chi connectivity index (χ0) is 12.4. The second-order valence-electron chi connectivity index (χ2n) is 5.23. The predicted molar refractivity (Wildman–Crippen MR) is 65.3 cm³/mol. The summed E-state index contributed by atoms with van der Waals surface area (Å²) < 4.78 is 0. The van der Waals surface area contributed by atoms with Crippen molar-refractivity contribution in [2.24, 2.45) is 11.8 Å². The number of hydrogen-bond acceptors (Lipinski definition) is 2. The van der Waals surface area contributed by atoms with E-state index in [-0.39, 0.29) is 24.4 Å². The lowest BCUT2D eigenvalue weighted by atomic mass is 9.99. The first kappa shape index (κ1) is 12.4. The van der Waals surface area contributed by atoms with Crippen molar-refractivity contribution in [3.05, 3.63) is 0 Å². The van der Waals surface area contributed by atoms with Gasteiger partial charge in [0.2, 0.25) is 11.8 Å². The van der Waals surface area contributed by atoms with Crippen molar-refractivity contribution >= 4 is 11.8 Å². The molecule has 1 unspecified atom stereocenters. The van der Waals surface area contributed by atoms with Crippen molar-refractivity contribution in [3.63, 3.8) is 0 Å². The van der Waals surface area contributed by atoms with Gasteiger partial charge in [0.15, 0.2) is 0 Å². The van der Waals surface area contributed by atoms with Crippen LogP contribution in [0.2, 0.25) is 0 Å². The van der Waals surface area contributed by atoms with Gasteiger partial charge in [-0.25, -0.2) is 0 Å². The Bertz CT molecular complexity index is 309. The molecule has 0 aromatic carbocycles. The molecule has 1 atom stereocenters. The Morgan fingerprint density at radius 3 is 2.47 bits per heavy atom. The molecule has 1 saturated carbocycles. The first-order chi connectivity index (χ1) is 8.17. The molecule has 0 aromatic heterocycles. The summed E-state index contributed by atoms with van der Waals surface area (Å²) >= 11 is 0. The van der Waals surface area contributed by atoms with Crippen molar-refractivity contribution in [2.75, 3.05) is 13.1 Å². The molecule has 2 rings (SSSR count). The van der Waals surface area contributed by atoms with E-state index in [0.717, 1.165) is 32.2 Å². The number of amides is 2. The maximum atomic E-state index is 12.0. The minimum absolute atomic E-state index is 0.0538. The van der Waals surface area contributed by atoms with E-state index in [1.165, 1.54) is 0 Å². The molecule has 1 N–H and O–H groups in total. The first-order valence-electron chi connectivity index (χ1n) is 6.74. The molecule has 4 heteroatoms. The molecule has 1 aliphatic heterocycles. The van der Waals surface area contributed by atoms with Crippen LogP contribution in [0.5, 0.6) is 0 Å². The van der Waals surface area contributed by atoms with Gasteiger partial charge in [-0.1, -0.05) is 26.7 Å². The lowest BCUT2D eigenvalue weighted by Gasteiger charge is -2.37. The Kier molecular flexibility index (Phi) is 3.69. The van der Waals surface area contributed by atoms with E-state index in [0.29, 0.717) is 11.8 Å². The molecule has 17 heavy (non-hydrogen) atoms. The van der Waals surface area contributed by atoms with Gasteiger partial charge in [-0.2, -0.15) is 0 Å². The van der Waals surface area contributed by atoms with Gasteiger partial charge in [0, 0.05) is 6.54 Å². The van der Waals surface area contributed by atoms with E-state index in [2.05, 4.69) is 19.2 Å². The van der Waals surface area contributed by atoms with E-state index in [4.69, 9.17) is 0 Å². The number of carbonyl (C=O) groups excluding carboxylic acids is 2. The second-order valence-corrected chi connectivity index (χ2v) is 5.23. The number of nitrogens with one attached hydrogen (secondary N) is 1. The second kappa shape index (κ2) is 5.07. The minimum Gasteiger partial charge on any atom is -0.345 e. The Morgan fingerprint density at radius 2 is 1.94 bits per heavy atom. The number of carbonyl (C=O) groups is 2. The first-order valence-corrected chi connectivity index (χ1v) is 6.74. The summed E-state index contributed by atoms with van der Waals surface area (Å²) in [6.07, 6.45) is 4.31. The average molecular weight is 238 g/mol. The molecule has 1 aliphatic carbocycles. The molecule has 0 radical (unpaired) electrons.